The van der Waals surface area contributed by atoms with Gasteiger partial charge in [-0.25, -0.2) is 4.39 Å². The summed E-state index contributed by atoms with van der Waals surface area (Å²) in [7, 11) is 0. The van der Waals surface area contributed by atoms with Gasteiger partial charge in [-0.05, 0) is 43.0 Å². The van der Waals surface area contributed by atoms with Gasteiger partial charge in [0.2, 0.25) is 5.91 Å². The van der Waals surface area contributed by atoms with E-state index in [0.29, 0.717) is 10.9 Å². The second-order valence-corrected chi connectivity index (χ2v) is 7.88. The number of H-pyrrole nitrogens is 1. The van der Waals surface area contributed by atoms with Gasteiger partial charge >= 0.3 is 0 Å². The van der Waals surface area contributed by atoms with E-state index >= 15 is 4.39 Å². The molecule has 1 saturated carbocycles. The lowest BCUT2D eigenvalue weighted by Crippen LogP contribution is -2.14. The van der Waals surface area contributed by atoms with E-state index in [4.69, 9.17) is 0 Å². The smallest absolute Gasteiger partial charge is 0.227 e. The van der Waals surface area contributed by atoms with E-state index < -0.39 is 5.82 Å². The molecule has 6 heteroatoms. The van der Waals surface area contributed by atoms with Crippen molar-refractivity contribution in [2.24, 2.45) is 5.92 Å². The number of aromatic nitrogens is 2. The highest BCUT2D eigenvalue weighted by Crippen LogP contribution is 2.47. The minimum Gasteiger partial charge on any atom is -0.323 e. The number of halogens is 1. The van der Waals surface area contributed by atoms with Gasteiger partial charge in [0, 0.05) is 10.8 Å². The van der Waals surface area contributed by atoms with Gasteiger partial charge < -0.3 is 5.32 Å². The lowest BCUT2D eigenvalue weighted by Gasteiger charge is -2.10. The van der Waals surface area contributed by atoms with E-state index in [0.717, 1.165) is 25.0 Å². The van der Waals surface area contributed by atoms with Crippen molar-refractivity contribution in [1.82, 2.24) is 10.2 Å². The molecule has 2 heterocycles. The number of nitrogens with zero attached hydrogens (tertiary/aromatic N) is 1. The number of rotatable bonds is 3. The van der Waals surface area contributed by atoms with Crippen LogP contribution in [0, 0.1) is 11.7 Å². The third-order valence-electron chi connectivity index (χ3n) is 4.86. The van der Waals surface area contributed by atoms with Crippen LogP contribution in [0.1, 0.15) is 29.3 Å². The highest BCUT2D eigenvalue weighted by atomic mass is 32.2. The number of thioether (sulfide) groups is 1. The van der Waals surface area contributed by atoms with Gasteiger partial charge in [-0.2, -0.15) is 5.10 Å². The summed E-state index contributed by atoms with van der Waals surface area (Å²) in [4.78, 5) is 13.2. The maximum absolute atomic E-state index is 15.1. The first-order valence-electron chi connectivity index (χ1n) is 8.42. The van der Waals surface area contributed by atoms with Crippen LogP contribution in [0.25, 0.3) is 10.9 Å². The maximum atomic E-state index is 15.1. The highest BCUT2D eigenvalue weighted by molar-refractivity contribution is 7.99. The second-order valence-electron chi connectivity index (χ2n) is 6.64. The maximum Gasteiger partial charge on any atom is 0.227 e. The summed E-state index contributed by atoms with van der Waals surface area (Å²) in [5.74, 6) is -0.448. The predicted molar refractivity (Wildman–Crippen MR) is 96.1 cm³/mol. The standard InChI is InChI=1S/C19H16FN3OS/c20-17-13(21-19(24)10-5-6-10)8-7-12-16(17)18(23-22-12)15-9-11-3-1-2-4-14(11)25-15/h1-4,7-8,10,15H,5-6,9H2,(H,21,24)(H,22,23). The number of fused-ring (bicyclic) bond motifs is 2. The quantitative estimate of drug-likeness (QED) is 0.732. The molecule has 25 heavy (non-hydrogen) atoms. The number of hydrogen-bond donors (Lipinski definition) is 2. The summed E-state index contributed by atoms with van der Waals surface area (Å²) in [6.07, 6.45) is 2.63. The first-order chi connectivity index (χ1) is 12.2. The average molecular weight is 353 g/mol. The van der Waals surface area contributed by atoms with E-state index in [1.54, 1.807) is 23.9 Å². The Balaban J connectivity index is 1.52. The Labute approximate surface area is 148 Å². The Hall–Kier alpha value is -2.34. The Morgan fingerprint density at radius 1 is 1.24 bits per heavy atom. The Morgan fingerprint density at radius 2 is 2.08 bits per heavy atom. The summed E-state index contributed by atoms with van der Waals surface area (Å²) in [5.41, 5.74) is 2.90. The molecule has 2 aliphatic rings. The molecule has 0 radical (unpaired) electrons. The van der Waals surface area contributed by atoms with Gasteiger partial charge in [-0.3, -0.25) is 9.89 Å². The summed E-state index contributed by atoms with van der Waals surface area (Å²) in [6.45, 7) is 0. The molecule has 1 amide bonds. The zero-order chi connectivity index (χ0) is 17.0. The molecule has 1 aromatic heterocycles. The Bertz CT molecular complexity index is 970. The third-order valence-corrected chi connectivity index (χ3v) is 6.20. The van der Waals surface area contributed by atoms with Crippen LogP contribution in [-0.2, 0) is 11.2 Å². The van der Waals surface area contributed by atoms with E-state index in [1.807, 2.05) is 12.1 Å². The SMILES string of the molecule is O=C(Nc1ccc2n[nH]c(C3Cc4ccccc4S3)c2c1F)C1CC1. The number of benzene rings is 2. The zero-order valence-corrected chi connectivity index (χ0v) is 14.2. The fourth-order valence-electron chi connectivity index (χ4n) is 3.34. The fourth-order valence-corrected chi connectivity index (χ4v) is 4.66. The van der Waals surface area contributed by atoms with Crippen LogP contribution in [0.5, 0.6) is 0 Å². The summed E-state index contributed by atoms with van der Waals surface area (Å²) >= 11 is 1.73. The molecule has 1 unspecified atom stereocenters. The zero-order valence-electron chi connectivity index (χ0n) is 13.4. The molecule has 126 valence electrons. The molecule has 1 fully saturated rings. The molecule has 3 aromatic rings. The number of carbonyl (C=O) groups is 1. The number of nitrogens with one attached hydrogen (secondary N) is 2. The Kier molecular flexibility index (Phi) is 3.35. The third kappa shape index (κ3) is 2.52. The van der Waals surface area contributed by atoms with E-state index in [2.05, 4.69) is 27.6 Å². The van der Waals surface area contributed by atoms with Crippen molar-refractivity contribution in [2.45, 2.75) is 29.4 Å². The molecular weight excluding hydrogens is 337 g/mol. The molecule has 1 atom stereocenters. The lowest BCUT2D eigenvalue weighted by atomic mass is 10.1. The number of hydrogen-bond acceptors (Lipinski definition) is 3. The molecule has 1 aliphatic carbocycles. The molecular formula is C19H16FN3OS. The van der Waals surface area contributed by atoms with E-state index in [1.165, 1.54) is 10.5 Å². The van der Waals surface area contributed by atoms with Crippen LogP contribution in [0.2, 0.25) is 0 Å². The molecule has 2 aromatic carbocycles. The number of carbonyl (C=O) groups excluding carboxylic acids is 1. The highest BCUT2D eigenvalue weighted by Gasteiger charge is 2.31. The molecule has 4 nitrogen and oxygen atoms in total. The van der Waals surface area contributed by atoms with Crippen molar-refractivity contribution >= 4 is 34.3 Å². The topological polar surface area (TPSA) is 57.8 Å². The van der Waals surface area contributed by atoms with Crippen molar-refractivity contribution in [3.63, 3.8) is 0 Å². The fraction of sp³-hybridized carbons (Fsp3) is 0.263. The largest absolute Gasteiger partial charge is 0.323 e. The number of aromatic amines is 1. The first kappa shape index (κ1) is 15.0. The van der Waals surface area contributed by atoms with Crippen molar-refractivity contribution in [3.05, 3.63) is 53.5 Å². The van der Waals surface area contributed by atoms with Gasteiger partial charge in [0.05, 0.1) is 27.5 Å². The minimum absolute atomic E-state index is 0.0406. The van der Waals surface area contributed by atoms with Gasteiger partial charge in [-0.1, -0.05) is 18.2 Å². The molecule has 0 saturated heterocycles. The molecule has 0 spiro atoms. The minimum atomic E-state index is -0.396. The van der Waals surface area contributed by atoms with Gasteiger partial charge in [-0.15, -0.1) is 11.8 Å². The van der Waals surface area contributed by atoms with Crippen LogP contribution >= 0.6 is 11.8 Å². The van der Waals surface area contributed by atoms with Crippen LogP contribution in [0.4, 0.5) is 10.1 Å². The summed E-state index contributed by atoms with van der Waals surface area (Å²) in [6, 6.07) is 11.6. The van der Waals surface area contributed by atoms with Crippen molar-refractivity contribution in [1.29, 1.82) is 0 Å². The molecule has 2 N–H and O–H groups in total. The van der Waals surface area contributed by atoms with Gasteiger partial charge in [0.25, 0.3) is 0 Å². The number of anilines is 1. The van der Waals surface area contributed by atoms with Crippen LogP contribution in [-0.4, -0.2) is 16.1 Å². The van der Waals surface area contributed by atoms with Gasteiger partial charge in [0.15, 0.2) is 5.82 Å². The molecule has 0 bridgehead atoms. The lowest BCUT2D eigenvalue weighted by molar-refractivity contribution is -0.117. The van der Waals surface area contributed by atoms with Crippen molar-refractivity contribution < 1.29 is 9.18 Å². The summed E-state index contributed by atoms with van der Waals surface area (Å²) < 4.78 is 15.1. The van der Waals surface area contributed by atoms with Crippen molar-refractivity contribution in [3.8, 4) is 0 Å². The predicted octanol–water partition coefficient (Wildman–Crippen LogP) is 4.44. The Morgan fingerprint density at radius 3 is 2.88 bits per heavy atom. The van der Waals surface area contributed by atoms with E-state index in [-0.39, 0.29) is 22.8 Å². The van der Waals surface area contributed by atoms with E-state index in [9.17, 15) is 4.79 Å². The van der Waals surface area contributed by atoms with Crippen LogP contribution in [0.3, 0.4) is 0 Å². The monoisotopic (exact) mass is 353 g/mol. The second kappa shape index (κ2) is 5.59. The van der Waals surface area contributed by atoms with Crippen LogP contribution < -0.4 is 5.32 Å². The molecule has 5 rings (SSSR count). The summed E-state index contributed by atoms with van der Waals surface area (Å²) in [5, 5.41) is 10.6. The number of amides is 1. The van der Waals surface area contributed by atoms with Gasteiger partial charge in [0.1, 0.15) is 0 Å². The van der Waals surface area contributed by atoms with Crippen molar-refractivity contribution in [2.75, 3.05) is 5.32 Å². The molecule has 1 aliphatic heterocycles. The average Bonchev–Trinajstić information content (AvgIpc) is 3.24. The van der Waals surface area contributed by atoms with Crippen LogP contribution in [0.15, 0.2) is 41.3 Å². The first-order valence-corrected chi connectivity index (χ1v) is 9.30. The normalized spacial score (nSPS) is 19.2.